The van der Waals surface area contributed by atoms with Gasteiger partial charge in [-0.25, -0.2) is 0 Å². The molecule has 0 atom stereocenters. The third-order valence-electron chi connectivity index (χ3n) is 1.80. The molecule has 3 nitrogen and oxygen atoms in total. The van der Waals surface area contributed by atoms with Crippen molar-refractivity contribution in [2.45, 2.75) is 6.92 Å². The van der Waals surface area contributed by atoms with E-state index in [1.54, 1.807) is 25.6 Å². The van der Waals surface area contributed by atoms with Gasteiger partial charge in [0.15, 0.2) is 4.77 Å². The van der Waals surface area contributed by atoms with E-state index in [-0.39, 0.29) is 5.56 Å². The van der Waals surface area contributed by atoms with Gasteiger partial charge in [0, 0.05) is 19.7 Å². The Kier molecular flexibility index (Phi) is 2.39. The molecule has 5 heteroatoms. The number of halogens is 1. The van der Waals surface area contributed by atoms with Crippen LogP contribution in [0.15, 0.2) is 4.79 Å². The van der Waals surface area contributed by atoms with Crippen molar-refractivity contribution in [2.75, 3.05) is 0 Å². The minimum absolute atomic E-state index is 0.136. The quantitative estimate of drug-likeness (QED) is 0.472. The molecular formula is C7H9ClN2OS. The molecule has 0 aromatic carbocycles. The maximum Gasteiger partial charge on any atom is 0.258 e. The van der Waals surface area contributed by atoms with Gasteiger partial charge in [0.2, 0.25) is 0 Å². The Balaban J connectivity index is 3.86. The first-order valence-corrected chi connectivity index (χ1v) is 4.17. The molecule has 12 heavy (non-hydrogen) atoms. The van der Waals surface area contributed by atoms with Gasteiger partial charge in [-0.2, -0.15) is 0 Å². The van der Waals surface area contributed by atoms with E-state index in [1.807, 2.05) is 0 Å². The molecule has 0 aliphatic carbocycles. The van der Waals surface area contributed by atoms with Gasteiger partial charge in [0.05, 0.1) is 0 Å². The van der Waals surface area contributed by atoms with Crippen LogP contribution in [0.5, 0.6) is 0 Å². The van der Waals surface area contributed by atoms with Crippen LogP contribution in [-0.4, -0.2) is 9.13 Å². The van der Waals surface area contributed by atoms with Crippen LogP contribution in [-0.2, 0) is 14.1 Å². The highest BCUT2D eigenvalue weighted by Crippen LogP contribution is 2.09. The molecule has 66 valence electrons. The van der Waals surface area contributed by atoms with E-state index in [2.05, 4.69) is 0 Å². The molecule has 0 fully saturated rings. The van der Waals surface area contributed by atoms with Gasteiger partial charge in [-0.3, -0.25) is 9.36 Å². The SMILES string of the molecule is Cc1c(Cl)n(C)c(=S)n(C)c1=O. The molecule has 1 heterocycles. The Hall–Kier alpha value is -0.610. The minimum Gasteiger partial charge on any atom is -0.312 e. The molecule has 0 saturated heterocycles. The summed E-state index contributed by atoms with van der Waals surface area (Å²) in [6.07, 6.45) is 0. The predicted octanol–water partition coefficient (Wildman–Crippen LogP) is 1.42. The van der Waals surface area contributed by atoms with E-state index in [1.165, 1.54) is 4.57 Å². The van der Waals surface area contributed by atoms with Crippen molar-refractivity contribution in [2.24, 2.45) is 14.1 Å². The second-order valence-corrected chi connectivity index (χ2v) is 3.34. The molecule has 0 bridgehead atoms. The van der Waals surface area contributed by atoms with Gasteiger partial charge in [-0.15, -0.1) is 0 Å². The molecule has 0 unspecified atom stereocenters. The van der Waals surface area contributed by atoms with Gasteiger partial charge in [0.1, 0.15) is 5.15 Å². The molecule has 1 aromatic rings. The number of nitrogens with zero attached hydrogens (tertiary/aromatic N) is 2. The molecule has 0 spiro atoms. The second-order valence-electron chi connectivity index (χ2n) is 2.62. The normalized spacial score (nSPS) is 10.3. The molecular weight excluding hydrogens is 196 g/mol. The lowest BCUT2D eigenvalue weighted by Crippen LogP contribution is -2.24. The average molecular weight is 205 g/mol. The van der Waals surface area contributed by atoms with Crippen LogP contribution < -0.4 is 5.56 Å². The maximum absolute atomic E-state index is 11.4. The zero-order valence-corrected chi connectivity index (χ0v) is 8.66. The van der Waals surface area contributed by atoms with Crippen LogP contribution in [0.4, 0.5) is 0 Å². The van der Waals surface area contributed by atoms with Crippen LogP contribution in [0.2, 0.25) is 5.15 Å². The fourth-order valence-electron chi connectivity index (χ4n) is 0.987. The molecule has 0 saturated carbocycles. The van der Waals surface area contributed by atoms with Crippen molar-refractivity contribution in [3.05, 3.63) is 25.8 Å². The van der Waals surface area contributed by atoms with Gasteiger partial charge in [0.25, 0.3) is 5.56 Å². The van der Waals surface area contributed by atoms with Crippen LogP contribution in [0, 0.1) is 11.7 Å². The van der Waals surface area contributed by atoms with Crippen molar-refractivity contribution >= 4 is 23.8 Å². The van der Waals surface area contributed by atoms with E-state index in [0.29, 0.717) is 15.5 Å². The molecule has 0 aliphatic heterocycles. The third-order valence-corrected chi connectivity index (χ3v) is 2.89. The van der Waals surface area contributed by atoms with Gasteiger partial charge in [-0.1, -0.05) is 11.6 Å². The highest BCUT2D eigenvalue weighted by atomic mass is 35.5. The molecule has 0 amide bonds. The largest absolute Gasteiger partial charge is 0.312 e. The molecule has 1 aromatic heterocycles. The van der Waals surface area contributed by atoms with Crippen molar-refractivity contribution < 1.29 is 0 Å². The summed E-state index contributed by atoms with van der Waals surface area (Å²) in [6.45, 7) is 1.68. The second kappa shape index (κ2) is 3.03. The van der Waals surface area contributed by atoms with Crippen molar-refractivity contribution in [1.29, 1.82) is 0 Å². The molecule has 1 rings (SSSR count). The highest BCUT2D eigenvalue weighted by molar-refractivity contribution is 7.71. The summed E-state index contributed by atoms with van der Waals surface area (Å²) in [5, 5.41) is 0.406. The number of aromatic nitrogens is 2. The summed E-state index contributed by atoms with van der Waals surface area (Å²) in [4.78, 5) is 11.4. The predicted molar refractivity (Wildman–Crippen MR) is 51.2 cm³/mol. The Morgan fingerprint density at radius 2 is 1.83 bits per heavy atom. The summed E-state index contributed by atoms with van der Waals surface area (Å²) in [5.41, 5.74) is 0.387. The average Bonchev–Trinajstić information content (AvgIpc) is 2.08. The van der Waals surface area contributed by atoms with Gasteiger partial charge >= 0.3 is 0 Å². The van der Waals surface area contributed by atoms with E-state index < -0.39 is 0 Å². The monoisotopic (exact) mass is 204 g/mol. The first kappa shape index (κ1) is 9.48. The van der Waals surface area contributed by atoms with Gasteiger partial charge in [-0.05, 0) is 19.1 Å². The lowest BCUT2D eigenvalue weighted by Gasteiger charge is -2.08. The summed E-state index contributed by atoms with van der Waals surface area (Å²) in [5.74, 6) is 0. The Morgan fingerprint density at radius 3 is 2.33 bits per heavy atom. The highest BCUT2D eigenvalue weighted by Gasteiger charge is 2.06. The summed E-state index contributed by atoms with van der Waals surface area (Å²) in [7, 11) is 3.37. The summed E-state index contributed by atoms with van der Waals surface area (Å²) in [6, 6.07) is 0. The van der Waals surface area contributed by atoms with Gasteiger partial charge < -0.3 is 4.57 Å². The zero-order chi connectivity index (χ0) is 9.46. The fraction of sp³-hybridized carbons (Fsp3) is 0.429. The van der Waals surface area contributed by atoms with Crippen molar-refractivity contribution in [1.82, 2.24) is 9.13 Å². The Morgan fingerprint density at radius 1 is 1.33 bits per heavy atom. The topological polar surface area (TPSA) is 26.9 Å². The van der Waals surface area contributed by atoms with E-state index in [0.717, 1.165) is 0 Å². The number of hydrogen-bond acceptors (Lipinski definition) is 2. The minimum atomic E-state index is -0.136. The lowest BCUT2D eigenvalue weighted by molar-refractivity contribution is 0.708. The number of hydrogen-bond donors (Lipinski definition) is 0. The van der Waals surface area contributed by atoms with Crippen LogP contribution in [0.1, 0.15) is 5.56 Å². The van der Waals surface area contributed by atoms with Crippen LogP contribution >= 0.6 is 23.8 Å². The first-order valence-electron chi connectivity index (χ1n) is 3.39. The maximum atomic E-state index is 11.4. The molecule has 0 radical (unpaired) electrons. The smallest absolute Gasteiger partial charge is 0.258 e. The Bertz CT molecular complexity index is 395. The Labute approximate surface area is 80.2 Å². The molecule has 0 aliphatic rings. The zero-order valence-electron chi connectivity index (χ0n) is 7.09. The van der Waals surface area contributed by atoms with Crippen molar-refractivity contribution in [3.8, 4) is 0 Å². The van der Waals surface area contributed by atoms with Crippen molar-refractivity contribution in [3.63, 3.8) is 0 Å². The lowest BCUT2D eigenvalue weighted by atomic mass is 10.4. The van der Waals surface area contributed by atoms with E-state index in [9.17, 15) is 4.79 Å². The molecule has 0 N–H and O–H groups in total. The van der Waals surface area contributed by atoms with E-state index in [4.69, 9.17) is 23.8 Å². The fourth-order valence-corrected chi connectivity index (χ4v) is 1.37. The summed E-state index contributed by atoms with van der Waals surface area (Å²) < 4.78 is 3.43. The van der Waals surface area contributed by atoms with Crippen LogP contribution in [0.3, 0.4) is 0 Å². The number of rotatable bonds is 0. The third kappa shape index (κ3) is 1.21. The van der Waals surface area contributed by atoms with Crippen LogP contribution in [0.25, 0.3) is 0 Å². The van der Waals surface area contributed by atoms with E-state index >= 15 is 0 Å². The standard InChI is InChI=1S/C7H9ClN2OS/c1-4-5(8)9(2)7(12)10(3)6(4)11/h1-3H3. The summed E-state index contributed by atoms with van der Waals surface area (Å²) >= 11 is 10.8. The first-order chi connectivity index (χ1) is 5.46.